The van der Waals surface area contributed by atoms with Gasteiger partial charge in [0.15, 0.2) is 8.32 Å². The van der Waals surface area contributed by atoms with E-state index in [0.29, 0.717) is 18.3 Å². The first-order chi connectivity index (χ1) is 13.0. The van der Waals surface area contributed by atoms with Crippen molar-refractivity contribution in [2.24, 2.45) is 11.8 Å². The fourth-order valence-corrected chi connectivity index (χ4v) is 5.44. The minimum Gasteiger partial charge on any atom is -0.469 e. The molecule has 0 aromatic carbocycles. The molecule has 1 N–H and O–H groups in total. The predicted octanol–water partition coefficient (Wildman–Crippen LogP) is 5.85. The summed E-state index contributed by atoms with van der Waals surface area (Å²) in [5, 5.41) is 11.0. The fraction of sp³-hybridized carbons (Fsp3) is 0.870. The van der Waals surface area contributed by atoms with Crippen molar-refractivity contribution in [3.05, 3.63) is 12.7 Å². The maximum absolute atomic E-state index is 11.2. The highest BCUT2D eigenvalue weighted by molar-refractivity contribution is 6.74. The molecule has 28 heavy (non-hydrogen) atoms. The lowest BCUT2D eigenvalue weighted by Crippen LogP contribution is -2.45. The highest BCUT2D eigenvalue weighted by atomic mass is 28.4. The highest BCUT2D eigenvalue weighted by Crippen LogP contribution is 2.45. The number of aliphatic hydroxyl groups is 1. The molecule has 1 saturated carbocycles. The van der Waals surface area contributed by atoms with Crippen LogP contribution < -0.4 is 0 Å². The van der Waals surface area contributed by atoms with Crippen LogP contribution in [0.3, 0.4) is 0 Å². The van der Waals surface area contributed by atoms with Gasteiger partial charge < -0.3 is 14.3 Å². The minimum atomic E-state index is -1.85. The number of allylic oxidation sites excluding steroid dienone is 1. The van der Waals surface area contributed by atoms with Crippen LogP contribution in [0.2, 0.25) is 18.1 Å². The number of carbonyl (C=O) groups is 1. The van der Waals surface area contributed by atoms with E-state index in [0.717, 1.165) is 51.4 Å². The van der Waals surface area contributed by atoms with Crippen molar-refractivity contribution < 1.29 is 19.1 Å². The molecule has 0 heterocycles. The Hall–Kier alpha value is -0.653. The van der Waals surface area contributed by atoms with Crippen molar-refractivity contribution in [1.29, 1.82) is 0 Å². The van der Waals surface area contributed by atoms with Crippen molar-refractivity contribution in [2.75, 3.05) is 7.11 Å². The second-order valence-corrected chi connectivity index (χ2v) is 14.7. The third-order valence-corrected chi connectivity index (χ3v) is 11.4. The number of rotatable bonds is 12. The van der Waals surface area contributed by atoms with Crippen LogP contribution in [0.15, 0.2) is 12.7 Å². The molecule has 0 aliphatic heterocycles. The van der Waals surface area contributed by atoms with Crippen LogP contribution in [0.4, 0.5) is 0 Å². The van der Waals surface area contributed by atoms with Gasteiger partial charge in [-0.2, -0.15) is 0 Å². The summed E-state index contributed by atoms with van der Waals surface area (Å²) in [6.45, 7) is 15.3. The normalized spacial score (nSPS) is 25.7. The van der Waals surface area contributed by atoms with Gasteiger partial charge in [0.1, 0.15) is 0 Å². The highest BCUT2D eigenvalue weighted by Gasteiger charge is 2.47. The summed E-state index contributed by atoms with van der Waals surface area (Å²) in [7, 11) is -0.414. The number of methoxy groups -OCH3 is 1. The van der Waals surface area contributed by atoms with E-state index < -0.39 is 8.32 Å². The van der Waals surface area contributed by atoms with E-state index in [2.05, 4.69) is 45.2 Å². The molecule has 0 unspecified atom stereocenters. The number of aliphatic hydroxyl groups excluding tert-OH is 1. The third kappa shape index (κ3) is 7.64. The molecule has 1 aliphatic carbocycles. The summed E-state index contributed by atoms with van der Waals surface area (Å²) in [4.78, 5) is 11.2. The monoisotopic (exact) mass is 412 g/mol. The van der Waals surface area contributed by atoms with Gasteiger partial charge in [-0.3, -0.25) is 4.79 Å². The maximum Gasteiger partial charge on any atom is 0.305 e. The van der Waals surface area contributed by atoms with Gasteiger partial charge in [-0.15, -0.1) is 6.58 Å². The molecule has 0 bridgehead atoms. The molecule has 0 amide bonds. The topological polar surface area (TPSA) is 55.8 Å². The SMILES string of the molecule is C=CCC[C@@H]1[C@@H](CCCCCCC(=O)OC)[C@@H](O)C[C@H]1O[Si](C)(C)C(C)(C)C. The fourth-order valence-electron chi connectivity index (χ4n) is 4.06. The molecule has 4 nitrogen and oxygen atoms in total. The molecule has 1 fully saturated rings. The van der Waals surface area contributed by atoms with Gasteiger partial charge in [0.25, 0.3) is 0 Å². The lowest BCUT2D eigenvalue weighted by Gasteiger charge is -2.40. The van der Waals surface area contributed by atoms with Crippen LogP contribution in [0.5, 0.6) is 0 Å². The van der Waals surface area contributed by atoms with E-state index in [1.807, 2.05) is 6.08 Å². The van der Waals surface area contributed by atoms with Gasteiger partial charge in [-0.25, -0.2) is 0 Å². The quantitative estimate of drug-likeness (QED) is 0.189. The Balaban J connectivity index is 2.61. The number of hydrogen-bond donors (Lipinski definition) is 1. The van der Waals surface area contributed by atoms with Crippen molar-refractivity contribution in [3.63, 3.8) is 0 Å². The molecule has 5 heteroatoms. The Labute approximate surface area is 174 Å². The first-order valence-corrected chi connectivity index (χ1v) is 14.0. The molecule has 0 radical (unpaired) electrons. The zero-order valence-electron chi connectivity index (χ0n) is 19.1. The van der Waals surface area contributed by atoms with E-state index in [1.54, 1.807) is 0 Å². The molecular formula is C23H44O4Si. The summed E-state index contributed by atoms with van der Waals surface area (Å²) in [5.41, 5.74) is 0. The second-order valence-electron chi connectivity index (χ2n) is 9.94. The van der Waals surface area contributed by atoms with Gasteiger partial charge in [0, 0.05) is 6.42 Å². The number of carbonyl (C=O) groups excluding carboxylic acids is 1. The van der Waals surface area contributed by atoms with Crippen LogP contribution in [-0.2, 0) is 14.0 Å². The molecule has 0 spiro atoms. The predicted molar refractivity (Wildman–Crippen MR) is 119 cm³/mol. The van der Waals surface area contributed by atoms with Gasteiger partial charge in [-0.1, -0.05) is 46.1 Å². The first-order valence-electron chi connectivity index (χ1n) is 11.1. The van der Waals surface area contributed by atoms with Crippen LogP contribution in [-0.4, -0.2) is 38.7 Å². The second kappa shape index (κ2) is 11.5. The summed E-state index contributed by atoms with van der Waals surface area (Å²) in [6, 6.07) is 0. The third-order valence-electron chi connectivity index (χ3n) is 6.85. The van der Waals surface area contributed by atoms with Crippen LogP contribution >= 0.6 is 0 Å². The zero-order chi connectivity index (χ0) is 21.4. The summed E-state index contributed by atoms with van der Waals surface area (Å²) < 4.78 is 11.4. The molecule has 164 valence electrons. The molecule has 0 saturated heterocycles. The van der Waals surface area contributed by atoms with Crippen molar-refractivity contribution >= 4 is 14.3 Å². The smallest absolute Gasteiger partial charge is 0.305 e. The van der Waals surface area contributed by atoms with Gasteiger partial charge in [0.05, 0.1) is 19.3 Å². The summed E-state index contributed by atoms with van der Waals surface area (Å²) in [5.74, 6) is 0.605. The molecule has 4 atom stereocenters. The van der Waals surface area contributed by atoms with Crippen LogP contribution in [0, 0.1) is 11.8 Å². The van der Waals surface area contributed by atoms with Gasteiger partial charge >= 0.3 is 5.97 Å². The van der Waals surface area contributed by atoms with Gasteiger partial charge in [0.2, 0.25) is 0 Å². The van der Waals surface area contributed by atoms with Crippen molar-refractivity contribution in [2.45, 2.75) is 109 Å². The number of esters is 1. The van der Waals surface area contributed by atoms with Crippen LogP contribution in [0.1, 0.15) is 78.6 Å². The van der Waals surface area contributed by atoms with E-state index in [1.165, 1.54) is 7.11 Å². The van der Waals surface area contributed by atoms with Crippen molar-refractivity contribution in [3.8, 4) is 0 Å². The number of ether oxygens (including phenoxy) is 1. The minimum absolute atomic E-state index is 0.124. The van der Waals surface area contributed by atoms with Crippen LogP contribution in [0.25, 0.3) is 0 Å². The lowest BCUT2D eigenvalue weighted by atomic mass is 9.85. The molecular weight excluding hydrogens is 368 g/mol. The lowest BCUT2D eigenvalue weighted by molar-refractivity contribution is -0.140. The Morgan fingerprint density at radius 3 is 2.36 bits per heavy atom. The number of unbranched alkanes of at least 4 members (excludes halogenated alkanes) is 3. The Kier molecular flexibility index (Phi) is 10.4. The zero-order valence-corrected chi connectivity index (χ0v) is 20.1. The standard InChI is InChI=1S/C23H44O4Si/c1-8-9-14-19-18(15-12-10-11-13-16-22(25)26-5)20(24)17-21(19)27-28(6,7)23(2,3)4/h8,18-21,24H,1,9-17H2,2-7H3/t18-,19-,20+,21-/m1/s1. The van der Waals surface area contributed by atoms with E-state index in [9.17, 15) is 9.90 Å². The Morgan fingerprint density at radius 2 is 1.79 bits per heavy atom. The molecule has 1 rings (SSSR count). The average Bonchev–Trinajstić information content (AvgIpc) is 2.88. The summed E-state index contributed by atoms with van der Waals surface area (Å²) in [6.07, 6.45) is 10.3. The molecule has 1 aliphatic rings. The maximum atomic E-state index is 11.2. The Bertz CT molecular complexity index is 483. The summed E-state index contributed by atoms with van der Waals surface area (Å²) >= 11 is 0. The van der Waals surface area contributed by atoms with E-state index in [4.69, 9.17) is 4.43 Å². The van der Waals surface area contributed by atoms with Gasteiger partial charge in [-0.05, 0) is 62.1 Å². The largest absolute Gasteiger partial charge is 0.469 e. The average molecular weight is 413 g/mol. The Morgan fingerprint density at radius 1 is 1.14 bits per heavy atom. The molecule has 0 aromatic rings. The number of hydrogen-bond acceptors (Lipinski definition) is 4. The van der Waals surface area contributed by atoms with Crippen molar-refractivity contribution in [1.82, 2.24) is 0 Å². The van der Waals surface area contributed by atoms with E-state index >= 15 is 0 Å². The van der Waals surface area contributed by atoms with E-state index in [-0.39, 0.29) is 23.2 Å². The first kappa shape index (κ1) is 25.4. The molecule has 0 aromatic heterocycles.